The molecule has 0 saturated carbocycles. The maximum Gasteiger partial charge on any atom is 0.133 e. The fourth-order valence-corrected chi connectivity index (χ4v) is 2.39. The molecule has 0 fully saturated rings. The summed E-state index contributed by atoms with van der Waals surface area (Å²) >= 11 is 3.48. The van der Waals surface area contributed by atoms with E-state index in [2.05, 4.69) is 21.2 Å². The number of benzene rings is 1. The van der Waals surface area contributed by atoms with Crippen molar-refractivity contribution in [2.24, 2.45) is 5.73 Å². The minimum absolute atomic E-state index is 0.106. The van der Waals surface area contributed by atoms with Gasteiger partial charge in [0.25, 0.3) is 0 Å². The van der Waals surface area contributed by atoms with Gasteiger partial charge >= 0.3 is 0 Å². The van der Waals surface area contributed by atoms with Crippen LogP contribution in [0.4, 0.5) is 0 Å². The van der Waals surface area contributed by atoms with E-state index in [0.717, 1.165) is 15.8 Å². The highest BCUT2D eigenvalue weighted by atomic mass is 79.9. The van der Waals surface area contributed by atoms with Gasteiger partial charge in [-0.1, -0.05) is 6.07 Å². The first-order valence-electron chi connectivity index (χ1n) is 5.19. The lowest BCUT2D eigenvalue weighted by Gasteiger charge is -2.31. The molecule has 0 aliphatic rings. The smallest absolute Gasteiger partial charge is 0.133 e. The number of nitrogens with two attached hydrogens (primary N) is 1. The number of hydrogen-bond acceptors (Lipinski definition) is 3. The van der Waals surface area contributed by atoms with Crippen molar-refractivity contribution in [1.82, 2.24) is 5.32 Å². The Bertz CT molecular complexity index is 361. The van der Waals surface area contributed by atoms with Crippen molar-refractivity contribution in [2.75, 3.05) is 14.2 Å². The minimum atomic E-state index is -0.317. The van der Waals surface area contributed by atoms with Gasteiger partial charge in [0.15, 0.2) is 0 Å². The number of rotatable bonds is 4. The number of likely N-dealkylation sites (N-methyl/N-ethyl adjacent to an activating group) is 1. The van der Waals surface area contributed by atoms with E-state index in [1.54, 1.807) is 7.11 Å². The topological polar surface area (TPSA) is 47.3 Å². The first-order chi connectivity index (χ1) is 7.40. The van der Waals surface area contributed by atoms with Gasteiger partial charge in [-0.05, 0) is 54.5 Å². The third-order valence-electron chi connectivity index (χ3n) is 2.54. The fraction of sp³-hybridized carbons (Fsp3) is 0.500. The van der Waals surface area contributed by atoms with Gasteiger partial charge in [0.05, 0.1) is 11.6 Å². The van der Waals surface area contributed by atoms with E-state index < -0.39 is 0 Å². The molecule has 1 atom stereocenters. The highest BCUT2D eigenvalue weighted by Crippen LogP contribution is 2.31. The van der Waals surface area contributed by atoms with Crippen LogP contribution in [0.15, 0.2) is 22.7 Å². The third-order valence-corrected chi connectivity index (χ3v) is 3.16. The second-order valence-corrected chi connectivity index (χ2v) is 5.29. The van der Waals surface area contributed by atoms with Crippen LogP contribution in [0.2, 0.25) is 0 Å². The van der Waals surface area contributed by atoms with E-state index in [9.17, 15) is 0 Å². The van der Waals surface area contributed by atoms with Crippen molar-refractivity contribution in [2.45, 2.75) is 25.4 Å². The SMILES string of the molecule is CNC(c1ccc(OC)c(Br)c1)C(C)(C)N. The first-order valence-corrected chi connectivity index (χ1v) is 5.99. The molecule has 1 rings (SSSR count). The van der Waals surface area contributed by atoms with E-state index in [4.69, 9.17) is 10.5 Å². The van der Waals surface area contributed by atoms with Crippen LogP contribution in [-0.4, -0.2) is 19.7 Å². The largest absolute Gasteiger partial charge is 0.496 e. The van der Waals surface area contributed by atoms with Crippen LogP contribution in [0.25, 0.3) is 0 Å². The van der Waals surface area contributed by atoms with Crippen molar-refractivity contribution >= 4 is 15.9 Å². The Balaban J connectivity index is 3.08. The van der Waals surface area contributed by atoms with Crippen LogP contribution in [-0.2, 0) is 0 Å². The predicted molar refractivity (Wildman–Crippen MR) is 70.8 cm³/mol. The lowest BCUT2D eigenvalue weighted by atomic mass is 9.90. The van der Waals surface area contributed by atoms with Gasteiger partial charge in [0.1, 0.15) is 5.75 Å². The third kappa shape index (κ3) is 2.97. The average molecular weight is 287 g/mol. The molecular weight excluding hydrogens is 268 g/mol. The lowest BCUT2D eigenvalue weighted by Crippen LogP contribution is -2.45. The van der Waals surface area contributed by atoms with Gasteiger partial charge in [0.2, 0.25) is 0 Å². The lowest BCUT2D eigenvalue weighted by molar-refractivity contribution is 0.368. The average Bonchev–Trinajstić information content (AvgIpc) is 2.17. The molecule has 0 heterocycles. The molecule has 1 aromatic rings. The van der Waals surface area contributed by atoms with E-state index in [-0.39, 0.29) is 11.6 Å². The fourth-order valence-electron chi connectivity index (χ4n) is 1.83. The number of methoxy groups -OCH3 is 1. The van der Waals surface area contributed by atoms with Crippen molar-refractivity contribution in [3.8, 4) is 5.75 Å². The van der Waals surface area contributed by atoms with Gasteiger partial charge in [-0.2, -0.15) is 0 Å². The van der Waals surface area contributed by atoms with Crippen LogP contribution < -0.4 is 15.8 Å². The van der Waals surface area contributed by atoms with Crippen molar-refractivity contribution in [3.05, 3.63) is 28.2 Å². The highest BCUT2D eigenvalue weighted by Gasteiger charge is 2.25. The van der Waals surface area contributed by atoms with E-state index in [0.29, 0.717) is 0 Å². The monoisotopic (exact) mass is 286 g/mol. The van der Waals surface area contributed by atoms with Gasteiger partial charge in [-0.15, -0.1) is 0 Å². The Morgan fingerprint density at radius 1 is 1.44 bits per heavy atom. The molecule has 0 amide bonds. The summed E-state index contributed by atoms with van der Waals surface area (Å²) in [6.07, 6.45) is 0. The second-order valence-electron chi connectivity index (χ2n) is 4.44. The number of nitrogens with one attached hydrogen (secondary N) is 1. The molecule has 0 spiro atoms. The van der Waals surface area contributed by atoms with Gasteiger partial charge in [-0.25, -0.2) is 0 Å². The quantitative estimate of drug-likeness (QED) is 0.894. The summed E-state index contributed by atoms with van der Waals surface area (Å²) in [6, 6.07) is 6.11. The molecule has 0 saturated heterocycles. The predicted octanol–water partition coefficient (Wildman–Crippen LogP) is 2.46. The molecule has 90 valence electrons. The number of halogens is 1. The highest BCUT2D eigenvalue weighted by molar-refractivity contribution is 9.10. The Hall–Kier alpha value is -0.580. The normalized spacial score (nSPS) is 13.6. The van der Waals surface area contributed by atoms with Crippen molar-refractivity contribution < 1.29 is 4.74 Å². The zero-order valence-corrected chi connectivity index (χ0v) is 11.8. The molecule has 4 heteroatoms. The van der Waals surface area contributed by atoms with Crippen LogP contribution >= 0.6 is 15.9 Å². The molecule has 16 heavy (non-hydrogen) atoms. The van der Waals surface area contributed by atoms with Crippen LogP contribution in [0.5, 0.6) is 5.75 Å². The van der Waals surface area contributed by atoms with Crippen molar-refractivity contribution in [1.29, 1.82) is 0 Å². The van der Waals surface area contributed by atoms with Gasteiger partial charge in [-0.3, -0.25) is 0 Å². The minimum Gasteiger partial charge on any atom is -0.496 e. The van der Waals surface area contributed by atoms with Crippen LogP contribution in [0.1, 0.15) is 25.5 Å². The molecule has 0 aliphatic carbocycles. The summed E-state index contributed by atoms with van der Waals surface area (Å²) in [5.74, 6) is 0.827. The maximum atomic E-state index is 6.13. The summed E-state index contributed by atoms with van der Waals surface area (Å²) in [5, 5.41) is 3.24. The molecular formula is C12H19BrN2O. The maximum absolute atomic E-state index is 6.13. The summed E-state index contributed by atoms with van der Waals surface area (Å²) in [7, 11) is 3.57. The Morgan fingerprint density at radius 3 is 2.44 bits per heavy atom. The van der Waals surface area contributed by atoms with E-state index in [1.807, 2.05) is 39.1 Å². The van der Waals surface area contributed by atoms with E-state index >= 15 is 0 Å². The molecule has 3 nitrogen and oxygen atoms in total. The summed E-state index contributed by atoms with van der Waals surface area (Å²) in [5.41, 5.74) is 6.96. The van der Waals surface area contributed by atoms with Crippen LogP contribution in [0.3, 0.4) is 0 Å². The molecule has 1 unspecified atom stereocenters. The summed E-state index contributed by atoms with van der Waals surface area (Å²) < 4.78 is 6.14. The number of hydrogen-bond donors (Lipinski definition) is 2. The zero-order valence-electron chi connectivity index (χ0n) is 10.2. The second kappa shape index (κ2) is 5.17. The molecule has 3 N–H and O–H groups in total. The van der Waals surface area contributed by atoms with Crippen molar-refractivity contribution in [3.63, 3.8) is 0 Å². The summed E-state index contributed by atoms with van der Waals surface area (Å²) in [4.78, 5) is 0. The number of ether oxygens (including phenoxy) is 1. The van der Waals surface area contributed by atoms with E-state index in [1.165, 1.54) is 0 Å². The molecule has 1 aromatic carbocycles. The van der Waals surface area contributed by atoms with Gasteiger partial charge < -0.3 is 15.8 Å². The van der Waals surface area contributed by atoms with Gasteiger partial charge in [0, 0.05) is 11.6 Å². The Labute approximate surface area is 105 Å². The standard InChI is InChI=1S/C12H19BrN2O/c1-12(2,14)11(15-3)8-5-6-10(16-4)9(13)7-8/h5-7,11,15H,14H2,1-4H3. The molecule has 0 aromatic heterocycles. The molecule has 0 bridgehead atoms. The Kier molecular flexibility index (Phi) is 4.35. The molecule has 0 radical (unpaired) electrons. The summed E-state index contributed by atoms with van der Waals surface area (Å²) in [6.45, 7) is 4.01. The Morgan fingerprint density at radius 2 is 2.06 bits per heavy atom. The first kappa shape index (κ1) is 13.5. The van der Waals surface area contributed by atoms with Crippen LogP contribution in [0, 0.1) is 0 Å². The molecule has 0 aliphatic heterocycles. The zero-order chi connectivity index (χ0) is 12.3.